The first-order valence-electron chi connectivity index (χ1n) is 8.12. The zero-order valence-electron chi connectivity index (χ0n) is 14.5. The summed E-state index contributed by atoms with van der Waals surface area (Å²) in [7, 11) is 0. The Labute approximate surface area is 138 Å². The molecule has 0 saturated carbocycles. The predicted octanol–water partition coefficient (Wildman–Crippen LogP) is 7.27. The molecule has 0 saturated heterocycles. The largest absolute Gasteiger partial charge is 0.0776 e. The Balaban J connectivity index is 0.00000102. The fraction of sp³-hybridized carbons (Fsp3) is 0.455. The van der Waals surface area contributed by atoms with E-state index in [2.05, 4.69) is 90.1 Å². The van der Waals surface area contributed by atoms with Crippen molar-refractivity contribution in [2.45, 2.75) is 67.2 Å². The Morgan fingerprint density at radius 1 is 0.773 bits per heavy atom. The second kappa shape index (κ2) is 9.46. The third kappa shape index (κ3) is 6.05. The van der Waals surface area contributed by atoms with Gasteiger partial charge in [-0.3, -0.25) is 0 Å². The topological polar surface area (TPSA) is 0 Å². The maximum atomic E-state index is 2.31. The van der Waals surface area contributed by atoms with Crippen molar-refractivity contribution in [3.05, 3.63) is 59.7 Å². The molecule has 0 bridgehead atoms. The van der Waals surface area contributed by atoms with Gasteiger partial charge >= 0.3 is 0 Å². The highest BCUT2D eigenvalue weighted by molar-refractivity contribution is 5.65. The predicted molar refractivity (Wildman–Crippen MR) is 103 cm³/mol. The normalized spacial score (nSPS) is 10.3. The summed E-state index contributed by atoms with van der Waals surface area (Å²) >= 11 is 0. The minimum absolute atomic E-state index is 0. The summed E-state index contributed by atoms with van der Waals surface area (Å²) in [6.45, 7) is 13.2. The molecule has 0 heteroatoms. The lowest BCUT2D eigenvalue weighted by molar-refractivity contribution is 0.590. The molecule has 0 radical (unpaired) electrons. The van der Waals surface area contributed by atoms with Gasteiger partial charge in [0.2, 0.25) is 0 Å². The summed E-state index contributed by atoms with van der Waals surface area (Å²) in [6.07, 6.45) is 2.34. The van der Waals surface area contributed by atoms with Crippen LogP contribution in [0, 0.1) is 0 Å². The summed E-state index contributed by atoms with van der Waals surface area (Å²) in [5, 5.41) is 0. The van der Waals surface area contributed by atoms with E-state index in [9.17, 15) is 0 Å². The first-order valence-corrected chi connectivity index (χ1v) is 8.12. The zero-order valence-corrected chi connectivity index (χ0v) is 14.5. The lowest BCUT2D eigenvalue weighted by Crippen LogP contribution is -2.10. The number of rotatable bonds is 2. The van der Waals surface area contributed by atoms with Crippen molar-refractivity contribution in [1.29, 1.82) is 0 Å². The number of hydrogen-bond donors (Lipinski definition) is 0. The molecule has 22 heavy (non-hydrogen) atoms. The summed E-state index contributed by atoms with van der Waals surface area (Å²) in [5.74, 6) is 0. The highest BCUT2D eigenvalue weighted by Crippen LogP contribution is 2.27. The van der Waals surface area contributed by atoms with Crippen molar-refractivity contribution >= 4 is 0 Å². The van der Waals surface area contributed by atoms with Gasteiger partial charge in [-0.2, -0.15) is 0 Å². The molecule has 122 valence electrons. The van der Waals surface area contributed by atoms with E-state index in [0.717, 1.165) is 6.42 Å². The van der Waals surface area contributed by atoms with Gasteiger partial charge in [-0.05, 0) is 34.1 Å². The molecule has 0 amide bonds. The van der Waals surface area contributed by atoms with E-state index in [0.29, 0.717) is 0 Å². The molecule has 0 aliphatic carbocycles. The molecule has 0 nitrogen and oxygen atoms in total. The lowest BCUT2D eigenvalue weighted by atomic mass is 9.85. The monoisotopic (exact) mass is 298 g/mol. The lowest BCUT2D eigenvalue weighted by Gasteiger charge is -2.20. The van der Waals surface area contributed by atoms with E-state index in [1.54, 1.807) is 0 Å². The van der Waals surface area contributed by atoms with Crippen LogP contribution in [-0.4, -0.2) is 0 Å². The van der Waals surface area contributed by atoms with Gasteiger partial charge in [0.05, 0.1) is 0 Å². The van der Waals surface area contributed by atoms with E-state index in [-0.39, 0.29) is 12.8 Å². The Bertz CT molecular complexity index is 544. The van der Waals surface area contributed by atoms with Crippen molar-refractivity contribution in [1.82, 2.24) is 0 Å². The molecule has 2 aromatic carbocycles. The molecular formula is C22H34. The molecular weight excluding hydrogens is 264 g/mol. The number of aryl methyl sites for hydroxylation is 1. The highest BCUT2D eigenvalue weighted by Gasteiger charge is 2.13. The Hall–Kier alpha value is -1.56. The third-order valence-electron chi connectivity index (χ3n) is 3.40. The van der Waals surface area contributed by atoms with Crippen LogP contribution >= 0.6 is 0 Å². The average molecular weight is 299 g/mol. The molecule has 0 fully saturated rings. The number of benzene rings is 2. The van der Waals surface area contributed by atoms with Crippen molar-refractivity contribution in [2.24, 2.45) is 0 Å². The minimum atomic E-state index is 0. The second-order valence-corrected chi connectivity index (χ2v) is 6.59. The Morgan fingerprint density at radius 3 is 1.77 bits per heavy atom. The van der Waals surface area contributed by atoms with Crippen molar-refractivity contribution in [3.8, 4) is 11.1 Å². The van der Waals surface area contributed by atoms with E-state index < -0.39 is 0 Å². The van der Waals surface area contributed by atoms with Gasteiger partial charge in [-0.25, -0.2) is 0 Å². The van der Waals surface area contributed by atoms with Gasteiger partial charge in [0.1, 0.15) is 0 Å². The molecule has 2 rings (SSSR count). The Kier molecular flexibility index (Phi) is 8.79. The van der Waals surface area contributed by atoms with Gasteiger partial charge < -0.3 is 0 Å². The van der Waals surface area contributed by atoms with Crippen LogP contribution in [0.5, 0.6) is 0 Å². The van der Waals surface area contributed by atoms with E-state index in [1.807, 2.05) is 0 Å². The summed E-state index contributed by atoms with van der Waals surface area (Å²) in [4.78, 5) is 0. The zero-order chi connectivity index (χ0) is 15.9. The summed E-state index contributed by atoms with van der Waals surface area (Å²) < 4.78 is 0. The van der Waals surface area contributed by atoms with Crippen LogP contribution in [-0.2, 0) is 11.8 Å². The first kappa shape index (κ1) is 20.4. The molecule has 0 aromatic heterocycles. The molecule has 0 aliphatic rings. The maximum absolute atomic E-state index is 2.31. The standard InChI is InChI=1S/C18H22.C3H8.CH4/c1-5-14-8-6-9-15(12-14)16-10-7-11-17(13-16)18(2,3)4;1-3-2;/h6-13H,5H2,1-4H3;3H2,1-2H3;1H4. The van der Waals surface area contributed by atoms with Gasteiger partial charge in [-0.15, -0.1) is 0 Å². The number of hydrogen-bond acceptors (Lipinski definition) is 0. The molecule has 0 spiro atoms. The second-order valence-electron chi connectivity index (χ2n) is 6.59. The molecule has 0 atom stereocenters. The molecule has 2 aromatic rings. The van der Waals surface area contributed by atoms with Crippen molar-refractivity contribution in [3.63, 3.8) is 0 Å². The van der Waals surface area contributed by atoms with Crippen LogP contribution in [0.4, 0.5) is 0 Å². The third-order valence-corrected chi connectivity index (χ3v) is 3.40. The highest BCUT2D eigenvalue weighted by atomic mass is 14.2. The summed E-state index contributed by atoms with van der Waals surface area (Å²) in [5.41, 5.74) is 5.63. The van der Waals surface area contributed by atoms with Crippen molar-refractivity contribution < 1.29 is 0 Å². The summed E-state index contributed by atoms with van der Waals surface area (Å²) in [6, 6.07) is 17.7. The van der Waals surface area contributed by atoms with Crippen molar-refractivity contribution in [2.75, 3.05) is 0 Å². The Morgan fingerprint density at radius 2 is 1.27 bits per heavy atom. The van der Waals surface area contributed by atoms with Gasteiger partial charge in [0.25, 0.3) is 0 Å². The molecule has 0 unspecified atom stereocenters. The van der Waals surface area contributed by atoms with Crippen LogP contribution in [0.3, 0.4) is 0 Å². The van der Waals surface area contributed by atoms with Crippen LogP contribution in [0.1, 0.15) is 66.5 Å². The fourth-order valence-corrected chi connectivity index (χ4v) is 2.14. The molecule has 0 aliphatic heterocycles. The molecule has 0 heterocycles. The average Bonchev–Trinajstić information content (AvgIpc) is 2.47. The fourth-order valence-electron chi connectivity index (χ4n) is 2.14. The first-order chi connectivity index (χ1) is 9.92. The van der Waals surface area contributed by atoms with Gasteiger partial charge in [-0.1, -0.05) is 104 Å². The van der Waals surface area contributed by atoms with Crippen LogP contribution < -0.4 is 0 Å². The SMILES string of the molecule is C.CCC.CCc1cccc(-c2cccc(C(C)(C)C)c2)c1. The van der Waals surface area contributed by atoms with Crippen LogP contribution in [0.25, 0.3) is 11.1 Å². The molecule has 0 N–H and O–H groups in total. The van der Waals surface area contributed by atoms with E-state index in [1.165, 1.54) is 28.7 Å². The van der Waals surface area contributed by atoms with Gasteiger partial charge in [0, 0.05) is 0 Å². The van der Waals surface area contributed by atoms with Crippen LogP contribution in [0.2, 0.25) is 0 Å². The van der Waals surface area contributed by atoms with E-state index >= 15 is 0 Å². The maximum Gasteiger partial charge on any atom is -0.0132 e. The van der Waals surface area contributed by atoms with Gasteiger partial charge in [0.15, 0.2) is 0 Å². The minimum Gasteiger partial charge on any atom is -0.0776 e. The van der Waals surface area contributed by atoms with E-state index in [4.69, 9.17) is 0 Å². The van der Waals surface area contributed by atoms with Crippen LogP contribution in [0.15, 0.2) is 48.5 Å². The smallest absolute Gasteiger partial charge is 0.0132 e. The quantitative estimate of drug-likeness (QED) is 0.547.